The van der Waals surface area contributed by atoms with Crippen LogP contribution in [-0.2, 0) is 11.4 Å². The summed E-state index contributed by atoms with van der Waals surface area (Å²) in [6.45, 7) is 0.326. The smallest absolute Gasteiger partial charge is 0.281 e. The first-order valence-electron chi connectivity index (χ1n) is 9.52. The van der Waals surface area contributed by atoms with Gasteiger partial charge in [0.15, 0.2) is 5.11 Å². The van der Waals surface area contributed by atoms with Crippen molar-refractivity contribution in [1.29, 1.82) is 0 Å². The van der Waals surface area contributed by atoms with E-state index < -0.39 is 0 Å². The van der Waals surface area contributed by atoms with Gasteiger partial charge in [-0.2, -0.15) is 0 Å². The zero-order valence-corrected chi connectivity index (χ0v) is 19.1. The molecule has 0 aromatic heterocycles. The third-order valence-corrected chi connectivity index (χ3v) is 5.48. The molecule has 7 heteroatoms. The van der Waals surface area contributed by atoms with Crippen molar-refractivity contribution in [2.45, 2.75) is 6.61 Å². The maximum Gasteiger partial charge on any atom is 0.281 e. The summed E-state index contributed by atoms with van der Waals surface area (Å²) >= 11 is 8.82. The Morgan fingerprint density at radius 3 is 2.61 bits per heavy atom. The van der Waals surface area contributed by atoms with Gasteiger partial charge in [-0.05, 0) is 66.3 Å². The second kappa shape index (κ2) is 9.32. The van der Waals surface area contributed by atoms with Gasteiger partial charge in [0.05, 0.1) is 12.8 Å². The summed E-state index contributed by atoms with van der Waals surface area (Å²) in [6, 6.07) is 22.7. The molecule has 3 aromatic rings. The van der Waals surface area contributed by atoms with E-state index in [0.717, 1.165) is 27.0 Å². The van der Waals surface area contributed by atoms with Crippen molar-refractivity contribution in [3.63, 3.8) is 0 Å². The third-order valence-electron chi connectivity index (χ3n) is 4.70. The van der Waals surface area contributed by atoms with Gasteiger partial charge in [0.25, 0.3) is 5.91 Å². The van der Waals surface area contributed by atoms with Crippen molar-refractivity contribution in [1.82, 2.24) is 5.32 Å². The van der Waals surface area contributed by atoms with Gasteiger partial charge in [-0.25, -0.2) is 0 Å². The van der Waals surface area contributed by atoms with E-state index in [-0.39, 0.29) is 5.91 Å². The van der Waals surface area contributed by atoms with E-state index in [1.165, 1.54) is 4.90 Å². The van der Waals surface area contributed by atoms with E-state index in [4.69, 9.17) is 21.7 Å². The number of para-hydroxylation sites is 1. The number of anilines is 1. The molecule has 0 spiro atoms. The predicted molar refractivity (Wildman–Crippen MR) is 129 cm³/mol. The molecule has 1 fully saturated rings. The predicted octanol–water partition coefficient (Wildman–Crippen LogP) is 5.30. The highest BCUT2D eigenvalue weighted by atomic mass is 79.9. The van der Waals surface area contributed by atoms with Crippen LogP contribution in [0.1, 0.15) is 11.1 Å². The first kappa shape index (κ1) is 21.1. The molecule has 1 saturated heterocycles. The van der Waals surface area contributed by atoms with Crippen LogP contribution in [0.2, 0.25) is 0 Å². The lowest BCUT2D eigenvalue weighted by atomic mass is 10.1. The Bertz CT molecular complexity index is 1160. The number of ether oxygens (including phenoxy) is 2. The van der Waals surface area contributed by atoms with Crippen LogP contribution in [0, 0.1) is 0 Å². The molecule has 0 aliphatic carbocycles. The standard InChI is InChI=1S/C24H19BrN2O3S/c1-29-22-11-10-16(12-17(22)15-30-20-9-5-6-18(25)14-20)13-21-23(28)27(24(31)26-21)19-7-3-2-4-8-19/h2-14H,15H2,1H3,(H,26,31)/b21-13+. The number of thiocarbonyl (C=S) groups is 1. The van der Waals surface area contributed by atoms with Gasteiger partial charge >= 0.3 is 0 Å². The van der Waals surface area contributed by atoms with Crippen LogP contribution in [0.5, 0.6) is 11.5 Å². The SMILES string of the molecule is COc1ccc(/C=C2/NC(=S)N(c3ccccc3)C2=O)cc1COc1cccc(Br)c1. The Morgan fingerprint density at radius 2 is 1.87 bits per heavy atom. The molecular formula is C24H19BrN2O3S. The molecule has 0 unspecified atom stereocenters. The molecular weight excluding hydrogens is 476 g/mol. The minimum absolute atomic E-state index is 0.195. The number of benzene rings is 3. The Morgan fingerprint density at radius 1 is 1.06 bits per heavy atom. The Balaban J connectivity index is 1.57. The second-order valence-electron chi connectivity index (χ2n) is 6.78. The number of carbonyl (C=O) groups excluding carboxylic acids is 1. The summed E-state index contributed by atoms with van der Waals surface area (Å²) < 4.78 is 12.3. The Kier molecular flexibility index (Phi) is 6.34. The van der Waals surface area contributed by atoms with Crippen LogP contribution in [0.25, 0.3) is 6.08 Å². The van der Waals surface area contributed by atoms with Gasteiger partial charge in [-0.3, -0.25) is 9.69 Å². The van der Waals surface area contributed by atoms with Crippen molar-refractivity contribution < 1.29 is 14.3 Å². The molecule has 0 saturated carbocycles. The zero-order chi connectivity index (χ0) is 21.8. The molecule has 1 aliphatic rings. The molecule has 0 radical (unpaired) electrons. The highest BCUT2D eigenvalue weighted by Gasteiger charge is 2.31. The number of nitrogens with one attached hydrogen (secondary N) is 1. The summed E-state index contributed by atoms with van der Waals surface area (Å²) in [7, 11) is 1.62. The molecule has 31 heavy (non-hydrogen) atoms. The number of rotatable bonds is 6. The summed E-state index contributed by atoms with van der Waals surface area (Å²) in [5, 5.41) is 3.37. The van der Waals surface area contributed by atoms with Crippen molar-refractivity contribution in [3.05, 3.63) is 94.1 Å². The summed E-state index contributed by atoms with van der Waals surface area (Å²) in [5.41, 5.74) is 2.84. The lowest BCUT2D eigenvalue weighted by Crippen LogP contribution is -2.30. The number of methoxy groups -OCH3 is 1. The molecule has 5 nitrogen and oxygen atoms in total. The van der Waals surface area contributed by atoms with Gasteiger partial charge in [-0.1, -0.05) is 46.3 Å². The van der Waals surface area contributed by atoms with Crippen LogP contribution >= 0.6 is 28.1 Å². The highest BCUT2D eigenvalue weighted by Crippen LogP contribution is 2.26. The largest absolute Gasteiger partial charge is 0.496 e. The van der Waals surface area contributed by atoms with E-state index in [2.05, 4.69) is 21.2 Å². The van der Waals surface area contributed by atoms with E-state index in [0.29, 0.717) is 23.2 Å². The van der Waals surface area contributed by atoms with Crippen LogP contribution in [0.15, 0.2) is 83.0 Å². The number of amides is 1. The zero-order valence-electron chi connectivity index (χ0n) is 16.7. The van der Waals surface area contributed by atoms with Crippen LogP contribution in [-0.4, -0.2) is 18.1 Å². The molecule has 0 atom stereocenters. The number of hydrogen-bond acceptors (Lipinski definition) is 4. The molecule has 156 valence electrons. The van der Waals surface area contributed by atoms with E-state index >= 15 is 0 Å². The summed E-state index contributed by atoms with van der Waals surface area (Å²) in [4.78, 5) is 14.4. The van der Waals surface area contributed by atoms with Crippen molar-refractivity contribution in [3.8, 4) is 11.5 Å². The minimum atomic E-state index is -0.195. The molecule has 3 aromatic carbocycles. The van der Waals surface area contributed by atoms with Crippen molar-refractivity contribution >= 4 is 50.9 Å². The average molecular weight is 495 g/mol. The monoisotopic (exact) mass is 494 g/mol. The average Bonchev–Trinajstić information content (AvgIpc) is 3.05. The van der Waals surface area contributed by atoms with E-state index in [1.54, 1.807) is 13.2 Å². The van der Waals surface area contributed by atoms with Gasteiger partial charge < -0.3 is 14.8 Å². The topological polar surface area (TPSA) is 50.8 Å². The maximum atomic E-state index is 12.9. The summed E-state index contributed by atoms with van der Waals surface area (Å²) in [6.07, 6.45) is 1.78. The van der Waals surface area contributed by atoms with Crippen LogP contribution < -0.4 is 19.7 Å². The van der Waals surface area contributed by atoms with E-state index in [9.17, 15) is 4.79 Å². The van der Waals surface area contributed by atoms with Crippen molar-refractivity contribution in [2.24, 2.45) is 0 Å². The van der Waals surface area contributed by atoms with Crippen LogP contribution in [0.4, 0.5) is 5.69 Å². The molecule has 1 amide bonds. The second-order valence-corrected chi connectivity index (χ2v) is 8.08. The van der Waals surface area contributed by atoms with Gasteiger partial charge in [0.2, 0.25) is 0 Å². The Labute approximate surface area is 194 Å². The van der Waals surface area contributed by atoms with Crippen LogP contribution in [0.3, 0.4) is 0 Å². The molecule has 1 aliphatic heterocycles. The normalized spacial score (nSPS) is 14.6. The number of hydrogen-bond donors (Lipinski definition) is 1. The third kappa shape index (κ3) is 4.78. The van der Waals surface area contributed by atoms with Gasteiger partial charge in [-0.15, -0.1) is 0 Å². The lowest BCUT2D eigenvalue weighted by molar-refractivity contribution is -0.113. The lowest BCUT2D eigenvalue weighted by Gasteiger charge is -2.13. The summed E-state index contributed by atoms with van der Waals surface area (Å²) in [5.74, 6) is 1.26. The fourth-order valence-electron chi connectivity index (χ4n) is 3.23. The number of nitrogens with zero attached hydrogens (tertiary/aromatic N) is 1. The minimum Gasteiger partial charge on any atom is -0.496 e. The fourth-order valence-corrected chi connectivity index (χ4v) is 3.91. The molecule has 4 rings (SSSR count). The fraction of sp³-hybridized carbons (Fsp3) is 0.0833. The van der Waals surface area contributed by atoms with Crippen molar-refractivity contribution in [2.75, 3.05) is 12.0 Å². The van der Waals surface area contributed by atoms with Gasteiger partial charge in [0, 0.05) is 10.0 Å². The molecule has 0 bridgehead atoms. The Hall–Kier alpha value is -3.16. The van der Waals surface area contributed by atoms with E-state index in [1.807, 2.05) is 72.8 Å². The maximum absolute atomic E-state index is 12.9. The molecule has 1 N–H and O–H groups in total. The first-order chi connectivity index (χ1) is 15.0. The van der Waals surface area contributed by atoms with Gasteiger partial charge in [0.1, 0.15) is 23.8 Å². The highest BCUT2D eigenvalue weighted by molar-refractivity contribution is 9.10. The molecule has 1 heterocycles. The number of carbonyl (C=O) groups is 1. The first-order valence-corrected chi connectivity index (χ1v) is 10.7. The quantitative estimate of drug-likeness (QED) is 0.372. The number of halogens is 1.